The predicted octanol–water partition coefficient (Wildman–Crippen LogP) is 1.34. The lowest BCUT2D eigenvalue weighted by Gasteiger charge is -2.19. The molecule has 0 amide bonds. The summed E-state index contributed by atoms with van der Waals surface area (Å²) in [7, 11) is 3.50. The van der Waals surface area contributed by atoms with Crippen molar-refractivity contribution in [1.29, 1.82) is 0 Å². The average molecular weight is 363 g/mol. The highest BCUT2D eigenvalue weighted by molar-refractivity contribution is 7.92. The molecule has 0 saturated carbocycles. The molecule has 25 heavy (non-hydrogen) atoms. The van der Waals surface area contributed by atoms with Crippen LogP contribution in [0.15, 0.2) is 29.3 Å². The number of hydrogen-bond acceptors (Lipinski definition) is 7. The molecule has 0 atom stereocenters. The third kappa shape index (κ3) is 3.46. The fourth-order valence-corrected chi connectivity index (χ4v) is 3.62. The number of aromatic nitrogens is 2. The van der Waals surface area contributed by atoms with Gasteiger partial charge in [-0.25, -0.2) is 13.4 Å². The molecule has 9 heteroatoms. The Morgan fingerprint density at radius 3 is 2.60 bits per heavy atom. The van der Waals surface area contributed by atoms with Gasteiger partial charge in [-0.05, 0) is 23.8 Å². The number of anilines is 3. The zero-order valence-electron chi connectivity index (χ0n) is 14.6. The molecule has 0 bridgehead atoms. The SMILES string of the molecule is CN(C)c1ncc(NS(=O)(=O)c2ccc3c(c2)CCO3)c(N(C)C)n1. The van der Waals surface area contributed by atoms with E-state index in [1.807, 2.05) is 14.1 Å². The number of nitrogens with one attached hydrogen (secondary N) is 1. The molecule has 0 spiro atoms. The first kappa shape index (κ1) is 17.3. The van der Waals surface area contributed by atoms with Crippen LogP contribution >= 0.6 is 0 Å². The van der Waals surface area contributed by atoms with Crippen LogP contribution in [0.1, 0.15) is 5.56 Å². The lowest BCUT2D eigenvalue weighted by Crippen LogP contribution is -2.21. The first-order valence-electron chi connectivity index (χ1n) is 7.78. The van der Waals surface area contributed by atoms with Crippen molar-refractivity contribution in [3.05, 3.63) is 30.0 Å². The number of nitrogens with zero attached hydrogens (tertiary/aromatic N) is 4. The van der Waals surface area contributed by atoms with Crippen LogP contribution < -0.4 is 19.3 Å². The van der Waals surface area contributed by atoms with Crippen LogP contribution in [0, 0.1) is 0 Å². The molecule has 1 N–H and O–H groups in total. The second-order valence-electron chi connectivity index (χ2n) is 6.17. The first-order valence-corrected chi connectivity index (χ1v) is 9.26. The van der Waals surface area contributed by atoms with Gasteiger partial charge in [0.05, 0.1) is 17.7 Å². The first-order chi connectivity index (χ1) is 11.8. The van der Waals surface area contributed by atoms with E-state index >= 15 is 0 Å². The highest BCUT2D eigenvalue weighted by Gasteiger charge is 2.22. The number of hydrogen-bond donors (Lipinski definition) is 1. The van der Waals surface area contributed by atoms with Gasteiger partial charge in [-0.2, -0.15) is 4.98 Å². The molecule has 0 saturated heterocycles. The third-order valence-electron chi connectivity index (χ3n) is 3.80. The Morgan fingerprint density at radius 2 is 1.92 bits per heavy atom. The van der Waals surface area contributed by atoms with E-state index < -0.39 is 10.0 Å². The van der Waals surface area contributed by atoms with Crippen LogP contribution in [-0.2, 0) is 16.4 Å². The summed E-state index contributed by atoms with van der Waals surface area (Å²) in [6.07, 6.45) is 2.19. The standard InChI is InChI=1S/C16H21N5O3S/c1-20(2)15-13(10-17-16(18-15)21(3)4)19-25(22,23)12-5-6-14-11(9-12)7-8-24-14/h5-6,9-10,19H,7-8H2,1-4H3. The summed E-state index contributed by atoms with van der Waals surface area (Å²) in [5, 5.41) is 0. The molecule has 1 aromatic carbocycles. The van der Waals surface area contributed by atoms with Crippen molar-refractivity contribution in [2.45, 2.75) is 11.3 Å². The van der Waals surface area contributed by atoms with Crippen molar-refractivity contribution in [3.8, 4) is 5.75 Å². The van der Waals surface area contributed by atoms with Crippen LogP contribution in [0.4, 0.5) is 17.5 Å². The minimum absolute atomic E-state index is 0.193. The summed E-state index contributed by atoms with van der Waals surface area (Å²) >= 11 is 0. The van der Waals surface area contributed by atoms with E-state index in [1.54, 1.807) is 36.0 Å². The Bertz CT molecular complexity index is 897. The molecule has 2 aromatic rings. The average Bonchev–Trinajstić information content (AvgIpc) is 3.02. The third-order valence-corrected chi connectivity index (χ3v) is 5.16. The van der Waals surface area contributed by atoms with Crippen molar-refractivity contribution in [3.63, 3.8) is 0 Å². The van der Waals surface area contributed by atoms with Crippen molar-refractivity contribution < 1.29 is 13.2 Å². The van der Waals surface area contributed by atoms with Crippen LogP contribution in [0.5, 0.6) is 5.75 Å². The zero-order chi connectivity index (χ0) is 18.2. The predicted molar refractivity (Wildman–Crippen MR) is 97.1 cm³/mol. The van der Waals surface area contributed by atoms with Gasteiger partial charge in [0.1, 0.15) is 11.4 Å². The molecule has 1 aromatic heterocycles. The van der Waals surface area contributed by atoms with Gasteiger partial charge in [0.2, 0.25) is 5.95 Å². The molecule has 1 aliphatic rings. The van der Waals surface area contributed by atoms with Crippen LogP contribution in [0.25, 0.3) is 0 Å². The molecule has 1 aliphatic heterocycles. The van der Waals surface area contributed by atoms with E-state index in [9.17, 15) is 8.42 Å². The summed E-state index contributed by atoms with van der Waals surface area (Å²) < 4.78 is 33.5. The van der Waals surface area contributed by atoms with E-state index in [1.165, 1.54) is 12.3 Å². The van der Waals surface area contributed by atoms with E-state index in [0.29, 0.717) is 30.5 Å². The maximum absolute atomic E-state index is 12.8. The summed E-state index contributed by atoms with van der Waals surface area (Å²) in [4.78, 5) is 12.3. The number of sulfonamides is 1. The maximum Gasteiger partial charge on any atom is 0.262 e. The van der Waals surface area contributed by atoms with Crippen molar-refractivity contribution in [2.75, 3.05) is 49.3 Å². The Balaban J connectivity index is 1.95. The monoisotopic (exact) mass is 363 g/mol. The molecule has 0 aliphatic carbocycles. The number of ether oxygens (including phenoxy) is 1. The quantitative estimate of drug-likeness (QED) is 0.858. The largest absolute Gasteiger partial charge is 0.493 e. The zero-order valence-corrected chi connectivity index (χ0v) is 15.5. The van der Waals surface area contributed by atoms with Crippen molar-refractivity contribution in [1.82, 2.24) is 9.97 Å². The summed E-state index contributed by atoms with van der Waals surface area (Å²) in [6, 6.07) is 4.88. The van der Waals surface area contributed by atoms with Gasteiger partial charge in [-0.15, -0.1) is 0 Å². The van der Waals surface area contributed by atoms with Gasteiger partial charge in [0, 0.05) is 34.6 Å². The summed E-state index contributed by atoms with van der Waals surface area (Å²) in [6.45, 7) is 0.580. The van der Waals surface area contributed by atoms with E-state index in [4.69, 9.17) is 4.74 Å². The van der Waals surface area contributed by atoms with Gasteiger partial charge in [-0.3, -0.25) is 4.72 Å². The fourth-order valence-electron chi connectivity index (χ4n) is 2.53. The number of rotatable bonds is 5. The minimum Gasteiger partial charge on any atom is -0.493 e. The van der Waals surface area contributed by atoms with Gasteiger partial charge in [-0.1, -0.05) is 0 Å². The maximum atomic E-state index is 12.8. The second-order valence-corrected chi connectivity index (χ2v) is 7.85. The minimum atomic E-state index is -3.75. The van der Waals surface area contributed by atoms with Gasteiger partial charge in [0.15, 0.2) is 5.82 Å². The van der Waals surface area contributed by atoms with E-state index in [-0.39, 0.29) is 4.90 Å². The van der Waals surface area contributed by atoms with Crippen LogP contribution in [0.3, 0.4) is 0 Å². The van der Waals surface area contributed by atoms with Crippen molar-refractivity contribution >= 4 is 27.5 Å². The Labute approximate surface area is 147 Å². The Morgan fingerprint density at radius 1 is 1.16 bits per heavy atom. The molecule has 8 nitrogen and oxygen atoms in total. The van der Waals surface area contributed by atoms with E-state index in [2.05, 4.69) is 14.7 Å². The fraction of sp³-hybridized carbons (Fsp3) is 0.375. The highest BCUT2D eigenvalue weighted by Crippen LogP contribution is 2.30. The summed E-state index contributed by atoms with van der Waals surface area (Å²) in [5.74, 6) is 1.74. The molecule has 0 unspecified atom stereocenters. The van der Waals surface area contributed by atoms with Crippen LogP contribution in [0.2, 0.25) is 0 Å². The molecule has 0 fully saturated rings. The lowest BCUT2D eigenvalue weighted by molar-refractivity contribution is 0.356. The molecular formula is C16H21N5O3S. The normalized spacial score (nSPS) is 13.1. The second kappa shape index (κ2) is 6.40. The Kier molecular flexibility index (Phi) is 4.42. The van der Waals surface area contributed by atoms with Crippen LogP contribution in [-0.4, -0.2) is 53.2 Å². The highest BCUT2D eigenvalue weighted by atomic mass is 32.2. The lowest BCUT2D eigenvalue weighted by atomic mass is 10.2. The van der Waals surface area contributed by atoms with Gasteiger partial charge in [0.25, 0.3) is 10.0 Å². The topological polar surface area (TPSA) is 87.7 Å². The number of fused-ring (bicyclic) bond motifs is 1. The van der Waals surface area contributed by atoms with E-state index in [0.717, 1.165) is 11.3 Å². The molecular weight excluding hydrogens is 342 g/mol. The molecule has 0 radical (unpaired) electrons. The molecule has 134 valence electrons. The molecule has 3 rings (SSSR count). The van der Waals surface area contributed by atoms with Gasteiger partial charge < -0.3 is 14.5 Å². The number of benzene rings is 1. The van der Waals surface area contributed by atoms with Crippen molar-refractivity contribution in [2.24, 2.45) is 0 Å². The smallest absolute Gasteiger partial charge is 0.262 e. The molecule has 2 heterocycles. The summed E-state index contributed by atoms with van der Waals surface area (Å²) in [5.41, 5.74) is 1.22. The Hall–Kier alpha value is -2.55. The van der Waals surface area contributed by atoms with Gasteiger partial charge >= 0.3 is 0 Å².